The molecule has 1 aromatic carbocycles. The number of benzene rings is 1. The quantitative estimate of drug-likeness (QED) is 0.821. The summed E-state index contributed by atoms with van der Waals surface area (Å²) in [4.78, 5) is 0. The topological polar surface area (TPSA) is 26.0 Å². The molecule has 80 valence electrons. The van der Waals surface area contributed by atoms with Gasteiger partial charge in [-0.3, -0.25) is 0 Å². The summed E-state index contributed by atoms with van der Waals surface area (Å²) in [6.45, 7) is 6.41. The van der Waals surface area contributed by atoms with Crippen LogP contribution in [0.4, 0.5) is 0 Å². The lowest BCUT2D eigenvalue weighted by Crippen LogP contribution is -2.21. The van der Waals surface area contributed by atoms with Crippen LogP contribution in [0, 0.1) is 13.8 Å². The van der Waals surface area contributed by atoms with Crippen molar-refractivity contribution in [3.63, 3.8) is 0 Å². The molecule has 1 atom stereocenters. The molecule has 0 saturated carbocycles. The van der Waals surface area contributed by atoms with Gasteiger partial charge in [-0.2, -0.15) is 0 Å². The zero-order valence-electron chi connectivity index (χ0n) is 9.21. The number of rotatable bonds is 3. The molecule has 0 fully saturated rings. The Balaban J connectivity index is 0.00000169. The maximum Gasteiger partial charge on any atom is 0.00767 e. The van der Waals surface area contributed by atoms with Gasteiger partial charge >= 0.3 is 0 Å². The molecule has 0 spiro atoms. The Morgan fingerprint density at radius 1 is 1.29 bits per heavy atom. The summed E-state index contributed by atoms with van der Waals surface area (Å²) in [5, 5.41) is 0. The van der Waals surface area contributed by atoms with Crippen LogP contribution in [0.1, 0.15) is 30.0 Å². The molecule has 2 N–H and O–H groups in total. The number of nitrogens with two attached hydrogens (primary N) is 1. The van der Waals surface area contributed by atoms with E-state index in [4.69, 9.17) is 5.73 Å². The van der Waals surface area contributed by atoms with Crippen molar-refractivity contribution in [1.82, 2.24) is 0 Å². The van der Waals surface area contributed by atoms with E-state index < -0.39 is 0 Å². The highest BCUT2D eigenvalue weighted by atomic mass is 35.5. The van der Waals surface area contributed by atoms with E-state index in [2.05, 4.69) is 39.0 Å². The molecule has 1 nitrogen and oxygen atoms in total. The second-order valence-electron chi connectivity index (χ2n) is 3.80. The third kappa shape index (κ3) is 3.69. The Hall–Kier alpha value is -0.530. The van der Waals surface area contributed by atoms with Crippen molar-refractivity contribution >= 4 is 12.4 Å². The zero-order chi connectivity index (χ0) is 9.84. The summed E-state index contributed by atoms with van der Waals surface area (Å²) in [5.41, 5.74) is 10.0. The first-order valence-electron chi connectivity index (χ1n) is 4.95. The fourth-order valence-electron chi connectivity index (χ4n) is 1.45. The molecule has 0 aliphatic carbocycles. The van der Waals surface area contributed by atoms with Crippen molar-refractivity contribution in [2.45, 2.75) is 39.7 Å². The van der Waals surface area contributed by atoms with Gasteiger partial charge in [0.1, 0.15) is 0 Å². The zero-order valence-corrected chi connectivity index (χ0v) is 10.0. The van der Waals surface area contributed by atoms with E-state index in [9.17, 15) is 0 Å². The maximum absolute atomic E-state index is 5.92. The van der Waals surface area contributed by atoms with Gasteiger partial charge in [0, 0.05) is 6.04 Å². The molecule has 0 heterocycles. The molecular formula is C12H20ClN. The smallest absolute Gasteiger partial charge is 0.00767 e. The summed E-state index contributed by atoms with van der Waals surface area (Å²) in [5.74, 6) is 0. The first-order chi connectivity index (χ1) is 6.13. The van der Waals surface area contributed by atoms with Crippen LogP contribution < -0.4 is 5.73 Å². The highest BCUT2D eigenvalue weighted by Crippen LogP contribution is 2.12. The summed E-state index contributed by atoms with van der Waals surface area (Å²) < 4.78 is 0. The van der Waals surface area contributed by atoms with Gasteiger partial charge in [-0.25, -0.2) is 0 Å². The van der Waals surface area contributed by atoms with Crippen LogP contribution in [0.15, 0.2) is 18.2 Å². The Bertz CT molecular complexity index is 284. The van der Waals surface area contributed by atoms with Crippen LogP contribution in [-0.4, -0.2) is 6.04 Å². The highest BCUT2D eigenvalue weighted by Gasteiger charge is 2.03. The predicted molar refractivity (Wildman–Crippen MR) is 65.1 cm³/mol. The molecule has 0 radical (unpaired) electrons. The summed E-state index contributed by atoms with van der Waals surface area (Å²) in [7, 11) is 0. The molecule has 0 bridgehead atoms. The fraction of sp³-hybridized carbons (Fsp3) is 0.500. The van der Waals surface area contributed by atoms with Gasteiger partial charge in [-0.15, -0.1) is 12.4 Å². The van der Waals surface area contributed by atoms with Gasteiger partial charge in [-0.05, 0) is 37.8 Å². The fourth-order valence-corrected chi connectivity index (χ4v) is 1.45. The molecule has 0 aliphatic heterocycles. The normalized spacial score (nSPS) is 12.0. The first-order valence-corrected chi connectivity index (χ1v) is 4.95. The van der Waals surface area contributed by atoms with Crippen LogP contribution in [-0.2, 0) is 6.42 Å². The lowest BCUT2D eigenvalue weighted by atomic mass is 9.98. The SMILES string of the molecule is CCC(N)Cc1cc(C)ccc1C.Cl. The minimum Gasteiger partial charge on any atom is -0.327 e. The Morgan fingerprint density at radius 2 is 1.93 bits per heavy atom. The molecule has 1 unspecified atom stereocenters. The van der Waals surface area contributed by atoms with Crippen molar-refractivity contribution < 1.29 is 0 Å². The highest BCUT2D eigenvalue weighted by molar-refractivity contribution is 5.85. The lowest BCUT2D eigenvalue weighted by molar-refractivity contribution is 0.644. The van der Waals surface area contributed by atoms with Crippen LogP contribution in [0.3, 0.4) is 0 Å². The average Bonchev–Trinajstić information content (AvgIpc) is 2.11. The van der Waals surface area contributed by atoms with E-state index >= 15 is 0 Å². The molecule has 0 saturated heterocycles. The predicted octanol–water partition coefficient (Wildman–Crippen LogP) is 3.01. The van der Waals surface area contributed by atoms with E-state index in [1.807, 2.05) is 0 Å². The van der Waals surface area contributed by atoms with Gasteiger partial charge in [-0.1, -0.05) is 30.7 Å². The summed E-state index contributed by atoms with van der Waals surface area (Å²) in [6.07, 6.45) is 2.05. The molecule has 1 aromatic rings. The van der Waals surface area contributed by atoms with Crippen molar-refractivity contribution in [1.29, 1.82) is 0 Å². The standard InChI is InChI=1S/C12H19N.ClH/c1-4-12(13)8-11-7-9(2)5-6-10(11)3;/h5-7,12H,4,8,13H2,1-3H3;1H. The molecule has 0 aliphatic rings. The van der Waals surface area contributed by atoms with Crippen LogP contribution in [0.5, 0.6) is 0 Å². The largest absolute Gasteiger partial charge is 0.327 e. The molecule has 0 amide bonds. The summed E-state index contributed by atoms with van der Waals surface area (Å²) >= 11 is 0. The van der Waals surface area contributed by atoms with Crippen molar-refractivity contribution in [3.8, 4) is 0 Å². The Morgan fingerprint density at radius 3 is 2.50 bits per heavy atom. The minimum atomic E-state index is 0. The number of hydrogen-bond acceptors (Lipinski definition) is 1. The number of aryl methyl sites for hydroxylation is 2. The number of halogens is 1. The van der Waals surface area contributed by atoms with E-state index in [-0.39, 0.29) is 12.4 Å². The van der Waals surface area contributed by atoms with Gasteiger partial charge in [0.2, 0.25) is 0 Å². The third-order valence-electron chi connectivity index (χ3n) is 2.51. The van der Waals surface area contributed by atoms with Crippen LogP contribution in [0.25, 0.3) is 0 Å². The van der Waals surface area contributed by atoms with Crippen molar-refractivity contribution in [2.75, 3.05) is 0 Å². The first kappa shape index (κ1) is 13.5. The molecule has 1 rings (SSSR count). The van der Waals surface area contributed by atoms with Crippen molar-refractivity contribution in [2.24, 2.45) is 5.73 Å². The minimum absolute atomic E-state index is 0. The van der Waals surface area contributed by atoms with Gasteiger partial charge in [0.05, 0.1) is 0 Å². The second-order valence-corrected chi connectivity index (χ2v) is 3.80. The van der Waals surface area contributed by atoms with Gasteiger partial charge in [0.25, 0.3) is 0 Å². The van der Waals surface area contributed by atoms with E-state index in [0.29, 0.717) is 6.04 Å². The van der Waals surface area contributed by atoms with Gasteiger partial charge in [0.15, 0.2) is 0 Å². The second kappa shape index (κ2) is 6.05. The maximum atomic E-state index is 5.92. The van der Waals surface area contributed by atoms with Crippen molar-refractivity contribution in [3.05, 3.63) is 34.9 Å². The Kier molecular flexibility index (Phi) is 5.82. The molecule has 2 heteroatoms. The van der Waals surface area contributed by atoms with Crippen LogP contribution in [0.2, 0.25) is 0 Å². The lowest BCUT2D eigenvalue weighted by Gasteiger charge is -2.11. The average molecular weight is 214 g/mol. The summed E-state index contributed by atoms with van der Waals surface area (Å²) in [6, 6.07) is 6.87. The Labute approximate surface area is 93.1 Å². The van der Waals surface area contributed by atoms with Gasteiger partial charge < -0.3 is 5.73 Å². The molecular weight excluding hydrogens is 194 g/mol. The monoisotopic (exact) mass is 213 g/mol. The third-order valence-corrected chi connectivity index (χ3v) is 2.51. The van der Waals surface area contributed by atoms with Crippen LogP contribution >= 0.6 is 12.4 Å². The van der Waals surface area contributed by atoms with E-state index in [1.165, 1.54) is 16.7 Å². The molecule has 0 aromatic heterocycles. The van der Waals surface area contributed by atoms with E-state index in [1.54, 1.807) is 0 Å². The van der Waals surface area contributed by atoms with E-state index in [0.717, 1.165) is 12.8 Å². The number of hydrogen-bond donors (Lipinski definition) is 1. The molecule has 14 heavy (non-hydrogen) atoms.